The molecule has 1 atom stereocenters. The zero-order valence-electron chi connectivity index (χ0n) is 17.0. The maximum Gasteiger partial charge on any atom is 0.394 e. The summed E-state index contributed by atoms with van der Waals surface area (Å²) in [6, 6.07) is 6.88. The van der Waals surface area contributed by atoms with Crippen molar-refractivity contribution < 1.29 is 18.3 Å². The highest BCUT2D eigenvalue weighted by molar-refractivity contribution is 6.02. The van der Waals surface area contributed by atoms with Gasteiger partial charge in [0.1, 0.15) is 11.4 Å². The summed E-state index contributed by atoms with van der Waals surface area (Å²) in [6.45, 7) is 6.29. The minimum absolute atomic E-state index is 0.0268. The number of hydrogen-bond acceptors (Lipinski definition) is 5. The first-order valence-electron chi connectivity index (χ1n) is 9.70. The average Bonchev–Trinajstić information content (AvgIpc) is 3.41. The Labute approximate surface area is 172 Å². The van der Waals surface area contributed by atoms with Crippen molar-refractivity contribution >= 4 is 11.5 Å². The molecule has 30 heavy (non-hydrogen) atoms. The molecule has 0 amide bonds. The van der Waals surface area contributed by atoms with Crippen molar-refractivity contribution in [2.24, 2.45) is 5.92 Å². The van der Waals surface area contributed by atoms with Crippen molar-refractivity contribution in [2.45, 2.75) is 57.7 Å². The van der Waals surface area contributed by atoms with Gasteiger partial charge in [0.25, 0.3) is 11.6 Å². The minimum atomic E-state index is -4.64. The number of aromatic nitrogens is 2. The van der Waals surface area contributed by atoms with Gasteiger partial charge in [-0.15, -0.1) is 0 Å². The Bertz CT molecular complexity index is 987. The summed E-state index contributed by atoms with van der Waals surface area (Å²) in [6.07, 6.45) is -4.37. The molecule has 1 unspecified atom stereocenters. The number of anilines is 1. The van der Waals surface area contributed by atoms with Gasteiger partial charge in [-0.1, -0.05) is 45.0 Å². The highest BCUT2D eigenvalue weighted by Crippen LogP contribution is 2.43. The van der Waals surface area contributed by atoms with E-state index >= 15 is 0 Å². The lowest BCUT2D eigenvalue weighted by atomic mass is 9.86. The number of aromatic hydroxyl groups is 1. The van der Waals surface area contributed by atoms with Crippen LogP contribution in [0.4, 0.5) is 19.0 Å². The van der Waals surface area contributed by atoms with Crippen LogP contribution in [0, 0.1) is 11.3 Å². The lowest BCUT2D eigenvalue weighted by Gasteiger charge is -2.23. The summed E-state index contributed by atoms with van der Waals surface area (Å²) >= 11 is 0. The number of nitrogens with zero attached hydrogens (tertiary/aromatic N) is 1. The van der Waals surface area contributed by atoms with Crippen LogP contribution < -0.4 is 10.9 Å². The lowest BCUT2D eigenvalue weighted by Crippen LogP contribution is -2.27. The van der Waals surface area contributed by atoms with Gasteiger partial charge in [-0.2, -0.15) is 18.2 Å². The molecule has 1 saturated carbocycles. The molecule has 4 N–H and O–H groups in total. The van der Waals surface area contributed by atoms with Crippen LogP contribution in [0.1, 0.15) is 62.8 Å². The summed E-state index contributed by atoms with van der Waals surface area (Å²) in [5.41, 5.74) is -0.392. The van der Waals surface area contributed by atoms with Gasteiger partial charge in [0.2, 0.25) is 0 Å². The topological polar surface area (TPSA) is 102 Å². The van der Waals surface area contributed by atoms with Crippen LogP contribution in [0.3, 0.4) is 0 Å². The molecular weight excluding hydrogens is 397 g/mol. The van der Waals surface area contributed by atoms with E-state index in [-0.39, 0.29) is 23.2 Å². The Morgan fingerprint density at radius 2 is 1.87 bits per heavy atom. The molecule has 1 aliphatic carbocycles. The van der Waals surface area contributed by atoms with Crippen LogP contribution in [0.5, 0.6) is 6.01 Å². The van der Waals surface area contributed by atoms with Crippen LogP contribution in [-0.4, -0.2) is 27.0 Å². The monoisotopic (exact) mass is 422 g/mol. The van der Waals surface area contributed by atoms with Gasteiger partial charge in [-0.25, -0.2) is 0 Å². The second kappa shape index (κ2) is 7.77. The third-order valence-corrected chi connectivity index (χ3v) is 5.11. The van der Waals surface area contributed by atoms with Crippen LogP contribution in [0.25, 0.3) is 0 Å². The zero-order valence-corrected chi connectivity index (χ0v) is 17.0. The lowest BCUT2D eigenvalue weighted by molar-refractivity contribution is -0.121. The Hall–Kier alpha value is -2.84. The molecule has 9 heteroatoms. The van der Waals surface area contributed by atoms with Crippen LogP contribution in [-0.2, 0) is 5.41 Å². The molecule has 1 heterocycles. The molecule has 0 radical (unpaired) electrons. The van der Waals surface area contributed by atoms with Gasteiger partial charge < -0.3 is 15.8 Å². The van der Waals surface area contributed by atoms with Gasteiger partial charge in [-0.05, 0) is 35.3 Å². The number of rotatable bonds is 6. The Morgan fingerprint density at radius 3 is 2.37 bits per heavy atom. The molecule has 3 rings (SSSR count). The number of hydrogen-bond donors (Lipinski definition) is 4. The highest BCUT2D eigenvalue weighted by Gasteiger charge is 2.36. The summed E-state index contributed by atoms with van der Waals surface area (Å²) in [5, 5.41) is 20.5. The van der Waals surface area contributed by atoms with E-state index in [1.165, 1.54) is 0 Å². The van der Waals surface area contributed by atoms with E-state index in [1.807, 2.05) is 29.2 Å². The predicted octanol–water partition coefficient (Wildman–Crippen LogP) is 4.66. The maximum atomic E-state index is 12.8. The standard InChI is InChI=1S/C21H25F3N4O2/c1-20(2,3)13-8-6-12(7-9-13)16(11-4-5-11)26-17-15(14(25)10-21(22,23)24)18(29)28-19(30)27-17/h6-9,11,16,25H,4-5,10H2,1-3H3,(H3,26,27,28,29,30). The highest BCUT2D eigenvalue weighted by atomic mass is 19.4. The first-order valence-corrected chi connectivity index (χ1v) is 9.70. The van der Waals surface area contributed by atoms with Crippen molar-refractivity contribution in [3.8, 4) is 6.01 Å². The van der Waals surface area contributed by atoms with E-state index in [9.17, 15) is 23.1 Å². The fourth-order valence-electron chi connectivity index (χ4n) is 3.38. The molecule has 0 bridgehead atoms. The summed E-state index contributed by atoms with van der Waals surface area (Å²) in [7, 11) is 0. The van der Waals surface area contributed by atoms with E-state index < -0.39 is 35.4 Å². The molecule has 1 fully saturated rings. The molecule has 0 aliphatic heterocycles. The van der Waals surface area contributed by atoms with E-state index in [4.69, 9.17) is 5.41 Å². The summed E-state index contributed by atoms with van der Waals surface area (Å²) < 4.78 is 38.4. The van der Waals surface area contributed by atoms with Crippen molar-refractivity contribution in [1.82, 2.24) is 9.97 Å². The molecule has 2 aromatic rings. The van der Waals surface area contributed by atoms with E-state index in [0.717, 1.165) is 24.0 Å². The number of alkyl halides is 3. The van der Waals surface area contributed by atoms with Crippen molar-refractivity contribution in [1.29, 1.82) is 5.41 Å². The Balaban J connectivity index is 1.96. The Kier molecular flexibility index (Phi) is 5.66. The fourth-order valence-corrected chi connectivity index (χ4v) is 3.38. The first-order chi connectivity index (χ1) is 13.8. The summed E-state index contributed by atoms with van der Waals surface area (Å²) in [4.78, 5) is 18.0. The second-order valence-corrected chi connectivity index (χ2v) is 8.72. The fraction of sp³-hybridized carbons (Fsp3) is 0.476. The average molecular weight is 422 g/mol. The number of H-pyrrole nitrogens is 1. The minimum Gasteiger partial charge on any atom is -0.480 e. The third-order valence-electron chi connectivity index (χ3n) is 5.11. The Morgan fingerprint density at radius 1 is 1.27 bits per heavy atom. The first kappa shape index (κ1) is 21.9. The van der Waals surface area contributed by atoms with Gasteiger partial charge in [-0.3, -0.25) is 9.78 Å². The molecule has 1 aromatic carbocycles. The molecule has 1 aliphatic rings. The molecule has 6 nitrogen and oxygen atoms in total. The predicted molar refractivity (Wildman–Crippen MR) is 108 cm³/mol. The smallest absolute Gasteiger partial charge is 0.394 e. The van der Waals surface area contributed by atoms with E-state index in [2.05, 4.69) is 31.1 Å². The molecule has 162 valence electrons. The van der Waals surface area contributed by atoms with Gasteiger partial charge in [0, 0.05) is 0 Å². The second-order valence-electron chi connectivity index (χ2n) is 8.72. The van der Waals surface area contributed by atoms with Crippen LogP contribution in [0.15, 0.2) is 29.1 Å². The van der Waals surface area contributed by atoms with Crippen molar-refractivity contribution in [2.75, 3.05) is 5.32 Å². The van der Waals surface area contributed by atoms with Gasteiger partial charge >= 0.3 is 6.18 Å². The number of benzene rings is 1. The van der Waals surface area contributed by atoms with Crippen molar-refractivity contribution in [3.05, 3.63) is 51.3 Å². The quantitative estimate of drug-likeness (QED) is 0.509. The SMILES string of the molecule is CC(C)(C)c1ccc(C(Nc2nc(O)[nH]c(=O)c2C(=N)CC(F)(F)F)C2CC2)cc1. The van der Waals surface area contributed by atoms with Gasteiger partial charge in [0.05, 0.1) is 18.2 Å². The molecule has 1 aromatic heterocycles. The summed E-state index contributed by atoms with van der Waals surface area (Å²) in [5.74, 6) is 0.000616. The number of aromatic amines is 1. The molecular formula is C21H25F3N4O2. The largest absolute Gasteiger partial charge is 0.480 e. The van der Waals surface area contributed by atoms with E-state index in [0.29, 0.717) is 0 Å². The zero-order chi connectivity index (χ0) is 22.3. The molecule has 0 saturated heterocycles. The number of halogens is 3. The van der Waals surface area contributed by atoms with Crippen LogP contribution in [0.2, 0.25) is 0 Å². The normalized spacial score (nSPS) is 15.7. The van der Waals surface area contributed by atoms with Crippen LogP contribution >= 0.6 is 0 Å². The number of nitrogens with one attached hydrogen (secondary N) is 3. The van der Waals surface area contributed by atoms with Crippen molar-refractivity contribution in [3.63, 3.8) is 0 Å². The maximum absolute atomic E-state index is 12.8. The third kappa shape index (κ3) is 5.20. The molecule has 0 spiro atoms. The van der Waals surface area contributed by atoms with E-state index in [1.54, 1.807) is 0 Å². The van der Waals surface area contributed by atoms with Gasteiger partial charge in [0.15, 0.2) is 0 Å².